The molecule has 17 heavy (non-hydrogen) atoms. The minimum absolute atomic E-state index is 0.246. The maximum atomic E-state index is 12.0. The van der Waals surface area contributed by atoms with Crippen LogP contribution in [0.1, 0.15) is 38.2 Å². The van der Waals surface area contributed by atoms with Crippen LogP contribution in [0.3, 0.4) is 0 Å². The average Bonchev–Trinajstić information content (AvgIpc) is 2.68. The Labute approximate surface area is 102 Å². The lowest BCUT2D eigenvalue weighted by molar-refractivity contribution is 0.509. The molecule has 0 saturated carbocycles. The molecule has 0 atom stereocenters. The predicted molar refractivity (Wildman–Crippen MR) is 65.4 cm³/mol. The van der Waals surface area contributed by atoms with E-state index in [1.165, 1.54) is 0 Å². The largest absolute Gasteiger partial charge is 0.331 e. The maximum Gasteiger partial charge on any atom is 0.259 e. The van der Waals surface area contributed by atoms with E-state index in [0.717, 1.165) is 43.7 Å². The Kier molecular flexibility index (Phi) is 3.53. The smallest absolute Gasteiger partial charge is 0.259 e. The van der Waals surface area contributed by atoms with Crippen LogP contribution in [0.4, 0.5) is 0 Å². The summed E-state index contributed by atoms with van der Waals surface area (Å²) in [4.78, 5) is 4.31. The van der Waals surface area contributed by atoms with Crippen LogP contribution in [0.25, 0.3) is 0 Å². The number of imidazole rings is 1. The van der Waals surface area contributed by atoms with Gasteiger partial charge in [0.15, 0.2) is 5.03 Å². The van der Waals surface area contributed by atoms with Gasteiger partial charge in [-0.05, 0) is 19.3 Å². The van der Waals surface area contributed by atoms with E-state index in [0.29, 0.717) is 6.54 Å². The van der Waals surface area contributed by atoms with Crippen molar-refractivity contribution in [3.05, 3.63) is 11.5 Å². The first kappa shape index (κ1) is 12.6. The van der Waals surface area contributed by atoms with Crippen LogP contribution in [0.15, 0.2) is 5.03 Å². The second kappa shape index (κ2) is 4.78. The molecule has 0 amide bonds. The van der Waals surface area contributed by atoms with E-state index in [2.05, 4.69) is 14.3 Å². The molecule has 0 saturated heterocycles. The molecular formula is C11H19N3O2S. The van der Waals surface area contributed by atoms with E-state index in [1.807, 2.05) is 6.92 Å². The molecule has 0 aliphatic carbocycles. The van der Waals surface area contributed by atoms with Crippen molar-refractivity contribution in [1.29, 1.82) is 0 Å². The van der Waals surface area contributed by atoms with E-state index >= 15 is 0 Å². The number of nitrogens with one attached hydrogen (secondary N) is 1. The Balaban J connectivity index is 2.51. The third-order valence-electron chi connectivity index (χ3n) is 3.07. The minimum Gasteiger partial charge on any atom is -0.331 e. The second-order valence-corrected chi connectivity index (χ2v) is 5.93. The minimum atomic E-state index is -3.42. The molecule has 0 fully saturated rings. The fourth-order valence-corrected chi connectivity index (χ4v) is 3.59. The summed E-state index contributed by atoms with van der Waals surface area (Å²) < 4.78 is 28.7. The van der Waals surface area contributed by atoms with Crippen LogP contribution in [-0.2, 0) is 29.4 Å². The molecule has 96 valence electrons. The van der Waals surface area contributed by atoms with Gasteiger partial charge >= 0.3 is 0 Å². The van der Waals surface area contributed by atoms with E-state index in [9.17, 15) is 8.42 Å². The first-order chi connectivity index (χ1) is 8.10. The van der Waals surface area contributed by atoms with Crippen molar-refractivity contribution in [2.75, 3.05) is 6.54 Å². The molecule has 0 unspecified atom stereocenters. The molecule has 6 heteroatoms. The second-order valence-electron chi connectivity index (χ2n) is 4.24. The van der Waals surface area contributed by atoms with Gasteiger partial charge in [-0.3, -0.25) is 0 Å². The van der Waals surface area contributed by atoms with E-state index < -0.39 is 10.0 Å². The Hall–Kier alpha value is -0.880. The zero-order chi connectivity index (χ0) is 12.5. The number of nitrogens with zero attached hydrogens (tertiary/aromatic N) is 2. The molecule has 2 rings (SSSR count). The van der Waals surface area contributed by atoms with Gasteiger partial charge in [0.05, 0.1) is 5.69 Å². The summed E-state index contributed by atoms with van der Waals surface area (Å²) in [5, 5.41) is 0.246. The molecule has 1 aliphatic heterocycles. The first-order valence-electron chi connectivity index (χ1n) is 6.18. The molecule has 0 radical (unpaired) electrons. The lowest BCUT2D eigenvalue weighted by Gasteiger charge is -2.16. The number of fused-ring (bicyclic) bond motifs is 1. The van der Waals surface area contributed by atoms with E-state index in [1.54, 1.807) is 6.92 Å². The highest BCUT2D eigenvalue weighted by molar-refractivity contribution is 7.89. The molecule has 2 heterocycles. The number of aromatic nitrogens is 2. The monoisotopic (exact) mass is 257 g/mol. The van der Waals surface area contributed by atoms with Gasteiger partial charge < -0.3 is 4.57 Å². The maximum absolute atomic E-state index is 12.0. The van der Waals surface area contributed by atoms with Crippen LogP contribution >= 0.6 is 0 Å². The number of sulfonamides is 1. The topological polar surface area (TPSA) is 64.0 Å². The van der Waals surface area contributed by atoms with Gasteiger partial charge in [0.1, 0.15) is 5.82 Å². The summed E-state index contributed by atoms with van der Waals surface area (Å²) in [5.74, 6) is 0.885. The van der Waals surface area contributed by atoms with Crippen molar-refractivity contribution in [3.63, 3.8) is 0 Å². The van der Waals surface area contributed by atoms with Crippen LogP contribution < -0.4 is 4.72 Å². The van der Waals surface area contributed by atoms with Gasteiger partial charge in [-0.1, -0.05) is 13.8 Å². The van der Waals surface area contributed by atoms with Crippen LogP contribution in [0, 0.1) is 0 Å². The molecular weight excluding hydrogens is 238 g/mol. The standard InChI is InChI=1S/C11H19N3O2S/c1-3-10-13-11(17(15,16)12-4-2)9-7-5-6-8-14(9)10/h12H,3-8H2,1-2H3. The van der Waals surface area contributed by atoms with Crippen LogP contribution in [0.5, 0.6) is 0 Å². The van der Waals surface area contributed by atoms with Crippen LogP contribution in [-0.4, -0.2) is 24.5 Å². The molecule has 1 N–H and O–H groups in total. The molecule has 0 aromatic carbocycles. The molecule has 1 aromatic rings. The Morgan fingerprint density at radius 2 is 2.12 bits per heavy atom. The van der Waals surface area contributed by atoms with Gasteiger partial charge in [-0.25, -0.2) is 18.1 Å². The van der Waals surface area contributed by atoms with Crippen molar-refractivity contribution in [2.45, 2.75) is 51.1 Å². The number of hydrogen-bond acceptors (Lipinski definition) is 3. The zero-order valence-corrected chi connectivity index (χ0v) is 11.2. The van der Waals surface area contributed by atoms with Gasteiger partial charge in [-0.2, -0.15) is 0 Å². The molecule has 5 nitrogen and oxygen atoms in total. The van der Waals surface area contributed by atoms with Crippen molar-refractivity contribution in [2.24, 2.45) is 0 Å². The lowest BCUT2D eigenvalue weighted by Crippen LogP contribution is -2.25. The average molecular weight is 257 g/mol. The summed E-state index contributed by atoms with van der Waals surface area (Å²) in [7, 11) is -3.42. The van der Waals surface area contributed by atoms with Crippen molar-refractivity contribution >= 4 is 10.0 Å². The third kappa shape index (κ3) is 2.24. The molecule has 1 aliphatic rings. The van der Waals surface area contributed by atoms with Crippen molar-refractivity contribution < 1.29 is 8.42 Å². The SMILES string of the molecule is CCNS(=O)(=O)c1nc(CC)n2c1CCCC2. The highest BCUT2D eigenvalue weighted by Gasteiger charge is 2.27. The summed E-state index contributed by atoms with van der Waals surface area (Å²) in [6, 6.07) is 0. The zero-order valence-electron chi connectivity index (χ0n) is 10.4. The highest BCUT2D eigenvalue weighted by atomic mass is 32.2. The summed E-state index contributed by atoms with van der Waals surface area (Å²) in [5.41, 5.74) is 0.883. The number of rotatable bonds is 4. The summed E-state index contributed by atoms with van der Waals surface area (Å²) >= 11 is 0. The fraction of sp³-hybridized carbons (Fsp3) is 0.727. The van der Waals surface area contributed by atoms with Gasteiger partial charge in [0.2, 0.25) is 0 Å². The van der Waals surface area contributed by atoms with Crippen molar-refractivity contribution in [3.8, 4) is 0 Å². The Bertz CT molecular complexity index is 505. The molecule has 0 spiro atoms. The fourth-order valence-electron chi connectivity index (χ4n) is 2.33. The van der Waals surface area contributed by atoms with Crippen molar-refractivity contribution in [1.82, 2.24) is 14.3 Å². The molecule has 0 bridgehead atoms. The normalized spacial score (nSPS) is 15.9. The first-order valence-corrected chi connectivity index (χ1v) is 7.66. The van der Waals surface area contributed by atoms with E-state index in [4.69, 9.17) is 0 Å². The Morgan fingerprint density at radius 3 is 2.76 bits per heavy atom. The van der Waals surface area contributed by atoms with Gasteiger partial charge in [-0.15, -0.1) is 0 Å². The predicted octanol–water partition coefficient (Wildman–Crippen LogP) is 1.08. The highest BCUT2D eigenvalue weighted by Crippen LogP contribution is 2.24. The Morgan fingerprint density at radius 1 is 1.35 bits per heavy atom. The number of hydrogen-bond donors (Lipinski definition) is 1. The van der Waals surface area contributed by atoms with E-state index in [-0.39, 0.29) is 5.03 Å². The number of aryl methyl sites for hydroxylation is 1. The van der Waals surface area contributed by atoms with Gasteiger partial charge in [0.25, 0.3) is 10.0 Å². The summed E-state index contributed by atoms with van der Waals surface area (Å²) in [6.07, 6.45) is 3.74. The quantitative estimate of drug-likeness (QED) is 0.878. The van der Waals surface area contributed by atoms with Crippen LogP contribution in [0.2, 0.25) is 0 Å². The third-order valence-corrected chi connectivity index (χ3v) is 4.57. The lowest BCUT2D eigenvalue weighted by atomic mass is 10.1. The summed E-state index contributed by atoms with van der Waals surface area (Å²) in [6.45, 7) is 5.08. The van der Waals surface area contributed by atoms with Gasteiger partial charge in [0, 0.05) is 19.5 Å². The molecule has 1 aromatic heterocycles.